The number of benzene rings is 1. The second-order valence-electron chi connectivity index (χ2n) is 5.83. The van der Waals surface area contributed by atoms with Crippen molar-refractivity contribution in [3.8, 4) is 0 Å². The van der Waals surface area contributed by atoms with E-state index in [2.05, 4.69) is 0 Å². The van der Waals surface area contributed by atoms with Gasteiger partial charge in [-0.05, 0) is 24.1 Å². The van der Waals surface area contributed by atoms with Crippen LogP contribution in [0.5, 0.6) is 0 Å². The molecule has 0 radical (unpaired) electrons. The van der Waals surface area contributed by atoms with Crippen molar-refractivity contribution >= 4 is 27.3 Å². The lowest BCUT2D eigenvalue weighted by molar-refractivity contribution is -0.160. The highest BCUT2D eigenvalue weighted by molar-refractivity contribution is 7.91. The van der Waals surface area contributed by atoms with Gasteiger partial charge in [-0.15, -0.1) is 0 Å². The second kappa shape index (κ2) is 4.97. The van der Waals surface area contributed by atoms with E-state index in [1.807, 2.05) is 0 Å². The lowest BCUT2D eigenvalue weighted by Crippen LogP contribution is -2.62. The summed E-state index contributed by atoms with van der Waals surface area (Å²) >= 11 is 5.81. The van der Waals surface area contributed by atoms with Crippen LogP contribution in [-0.4, -0.2) is 48.9 Å². The smallest absolute Gasteiger partial charge is 0.226 e. The molecule has 3 rings (SSSR count). The maximum atomic E-state index is 12.2. The topological polar surface area (TPSA) is 74.7 Å². The van der Waals surface area contributed by atoms with Crippen LogP contribution in [0.2, 0.25) is 5.02 Å². The van der Waals surface area contributed by atoms with E-state index in [0.717, 1.165) is 5.56 Å². The summed E-state index contributed by atoms with van der Waals surface area (Å²) < 4.78 is 22.8. The predicted molar refractivity (Wildman–Crippen MR) is 78.7 cm³/mol. The molecule has 0 aromatic heterocycles. The predicted octanol–water partition coefficient (Wildman–Crippen LogP) is 0.805. The standard InChI is InChI=1S/C14H16ClNO4S/c15-12-3-1-11(2-4-12)14(18)8-16(9-14)13(17)10-5-6-21(19,20)7-10/h1-4,10,18H,5-9H2/t10-/m0/s1. The third-order valence-corrected chi connectivity index (χ3v) is 6.20. The highest BCUT2D eigenvalue weighted by Crippen LogP contribution is 2.34. The van der Waals surface area contributed by atoms with Crippen LogP contribution in [0.1, 0.15) is 12.0 Å². The fourth-order valence-corrected chi connectivity index (χ4v) is 4.79. The summed E-state index contributed by atoms with van der Waals surface area (Å²) in [5.41, 5.74) is -0.340. The lowest BCUT2D eigenvalue weighted by Gasteiger charge is -2.47. The Bertz CT molecular complexity index is 665. The maximum absolute atomic E-state index is 12.2. The van der Waals surface area contributed by atoms with Crippen LogP contribution >= 0.6 is 11.6 Å². The Morgan fingerprint density at radius 3 is 2.43 bits per heavy atom. The number of hydrogen-bond donors (Lipinski definition) is 1. The van der Waals surface area contributed by atoms with Crippen LogP contribution in [0.25, 0.3) is 0 Å². The molecule has 0 spiro atoms. The molecule has 1 amide bonds. The number of amides is 1. The van der Waals surface area contributed by atoms with Gasteiger partial charge in [0, 0.05) is 5.02 Å². The third-order valence-electron chi connectivity index (χ3n) is 4.18. The number of halogens is 1. The minimum atomic E-state index is -3.07. The van der Waals surface area contributed by atoms with Gasteiger partial charge < -0.3 is 10.0 Å². The van der Waals surface area contributed by atoms with Crippen LogP contribution < -0.4 is 0 Å². The highest BCUT2D eigenvalue weighted by atomic mass is 35.5. The summed E-state index contributed by atoms with van der Waals surface area (Å²) in [7, 11) is -3.07. The molecule has 2 saturated heterocycles. The molecule has 1 N–H and O–H groups in total. The van der Waals surface area contributed by atoms with Crippen LogP contribution in [-0.2, 0) is 20.2 Å². The molecule has 0 aliphatic carbocycles. The van der Waals surface area contributed by atoms with Gasteiger partial charge in [0.1, 0.15) is 5.60 Å². The van der Waals surface area contributed by atoms with Gasteiger partial charge in [0.05, 0.1) is 30.5 Å². The summed E-state index contributed by atoms with van der Waals surface area (Å²) in [4.78, 5) is 13.7. The summed E-state index contributed by atoms with van der Waals surface area (Å²) in [6.45, 7) is 0.397. The molecule has 1 atom stereocenters. The van der Waals surface area contributed by atoms with Gasteiger partial charge >= 0.3 is 0 Å². The SMILES string of the molecule is O=C([C@H]1CCS(=O)(=O)C1)N1CC(O)(c2ccc(Cl)cc2)C1. The molecule has 2 aliphatic rings. The molecule has 0 bridgehead atoms. The summed E-state index contributed by atoms with van der Waals surface area (Å²) in [6.07, 6.45) is 0.386. The molecule has 2 fully saturated rings. The van der Waals surface area contributed by atoms with Crippen molar-refractivity contribution in [1.82, 2.24) is 4.90 Å². The number of β-amino-alcohol motifs (C(OH)–C–C–N with tert-alkyl or cyclic N) is 1. The van der Waals surface area contributed by atoms with Crippen molar-refractivity contribution in [2.24, 2.45) is 5.92 Å². The summed E-state index contributed by atoms with van der Waals surface area (Å²) in [5, 5.41) is 11.1. The number of carbonyl (C=O) groups is 1. The Labute approximate surface area is 128 Å². The largest absolute Gasteiger partial charge is 0.381 e. The molecule has 1 aromatic rings. The van der Waals surface area contributed by atoms with Crippen molar-refractivity contribution in [3.05, 3.63) is 34.9 Å². The normalized spacial score (nSPS) is 26.4. The van der Waals surface area contributed by atoms with Crippen LogP contribution in [0.4, 0.5) is 0 Å². The molecular weight excluding hydrogens is 314 g/mol. The quantitative estimate of drug-likeness (QED) is 0.871. The molecule has 2 aliphatic heterocycles. The molecular formula is C14H16ClNO4S. The molecule has 0 unspecified atom stereocenters. The minimum absolute atomic E-state index is 0.0678. The zero-order chi connectivity index (χ0) is 15.3. The van der Waals surface area contributed by atoms with Gasteiger partial charge in [-0.1, -0.05) is 23.7 Å². The Morgan fingerprint density at radius 2 is 1.90 bits per heavy atom. The van der Waals surface area contributed by atoms with E-state index >= 15 is 0 Å². The maximum Gasteiger partial charge on any atom is 0.226 e. The average Bonchev–Trinajstić information content (AvgIpc) is 2.75. The van der Waals surface area contributed by atoms with Gasteiger partial charge in [-0.25, -0.2) is 8.42 Å². The van der Waals surface area contributed by atoms with E-state index in [1.54, 1.807) is 24.3 Å². The van der Waals surface area contributed by atoms with Gasteiger partial charge in [0.25, 0.3) is 0 Å². The molecule has 5 nitrogen and oxygen atoms in total. The van der Waals surface area contributed by atoms with Crippen molar-refractivity contribution in [2.75, 3.05) is 24.6 Å². The van der Waals surface area contributed by atoms with Crippen molar-refractivity contribution < 1.29 is 18.3 Å². The van der Waals surface area contributed by atoms with Gasteiger partial charge in [0.2, 0.25) is 5.91 Å². The number of hydrogen-bond acceptors (Lipinski definition) is 4. The fraction of sp³-hybridized carbons (Fsp3) is 0.500. The van der Waals surface area contributed by atoms with Crippen LogP contribution in [0.15, 0.2) is 24.3 Å². The van der Waals surface area contributed by atoms with Crippen molar-refractivity contribution in [2.45, 2.75) is 12.0 Å². The van der Waals surface area contributed by atoms with E-state index in [1.165, 1.54) is 4.90 Å². The number of rotatable bonds is 2. The molecule has 21 heavy (non-hydrogen) atoms. The first-order valence-electron chi connectivity index (χ1n) is 6.77. The third kappa shape index (κ3) is 2.80. The monoisotopic (exact) mass is 329 g/mol. The number of likely N-dealkylation sites (tertiary alicyclic amines) is 1. The molecule has 114 valence electrons. The van der Waals surface area contributed by atoms with Crippen molar-refractivity contribution in [1.29, 1.82) is 0 Å². The highest BCUT2D eigenvalue weighted by Gasteiger charge is 2.47. The molecule has 2 heterocycles. The fourth-order valence-electron chi connectivity index (χ4n) is 2.93. The lowest BCUT2D eigenvalue weighted by atomic mass is 9.85. The summed E-state index contributed by atoms with van der Waals surface area (Å²) in [6, 6.07) is 6.88. The Morgan fingerprint density at radius 1 is 1.29 bits per heavy atom. The molecule has 0 saturated carbocycles. The van der Waals surface area contributed by atoms with E-state index in [-0.39, 0.29) is 30.5 Å². The van der Waals surface area contributed by atoms with Gasteiger partial charge in [-0.2, -0.15) is 0 Å². The van der Waals surface area contributed by atoms with E-state index < -0.39 is 21.4 Å². The average molecular weight is 330 g/mol. The van der Waals surface area contributed by atoms with Gasteiger partial charge in [0.15, 0.2) is 9.84 Å². The molecule has 1 aromatic carbocycles. The minimum Gasteiger partial charge on any atom is -0.381 e. The molecule has 7 heteroatoms. The van der Waals surface area contributed by atoms with Crippen molar-refractivity contribution in [3.63, 3.8) is 0 Å². The first-order valence-corrected chi connectivity index (χ1v) is 8.97. The van der Waals surface area contributed by atoms with E-state index in [9.17, 15) is 18.3 Å². The second-order valence-corrected chi connectivity index (χ2v) is 8.50. The van der Waals surface area contributed by atoms with Gasteiger partial charge in [-0.3, -0.25) is 4.79 Å². The Hall–Kier alpha value is -1.11. The first kappa shape index (κ1) is 14.8. The number of sulfone groups is 1. The van der Waals surface area contributed by atoms with E-state index in [4.69, 9.17) is 11.6 Å². The van der Waals surface area contributed by atoms with Crippen LogP contribution in [0, 0.1) is 5.92 Å². The number of nitrogens with zero attached hydrogens (tertiary/aromatic N) is 1. The zero-order valence-electron chi connectivity index (χ0n) is 11.3. The number of aliphatic hydroxyl groups is 1. The summed E-state index contributed by atoms with van der Waals surface area (Å²) in [5.74, 6) is -0.611. The number of carbonyl (C=O) groups excluding carboxylic acids is 1. The first-order chi connectivity index (χ1) is 9.79. The zero-order valence-corrected chi connectivity index (χ0v) is 12.9. The Kier molecular flexibility index (Phi) is 3.50. The van der Waals surface area contributed by atoms with E-state index in [0.29, 0.717) is 11.4 Å². The van der Waals surface area contributed by atoms with Crippen LogP contribution in [0.3, 0.4) is 0 Å². The Balaban J connectivity index is 1.65.